The van der Waals surface area contributed by atoms with Crippen molar-refractivity contribution in [1.82, 2.24) is 10.6 Å². The summed E-state index contributed by atoms with van der Waals surface area (Å²) < 4.78 is 0. The van der Waals surface area contributed by atoms with E-state index in [1.165, 1.54) is 0 Å². The lowest BCUT2D eigenvalue weighted by atomic mass is 10.1. The van der Waals surface area contributed by atoms with Crippen molar-refractivity contribution in [2.24, 2.45) is 0 Å². The Morgan fingerprint density at radius 1 is 0.704 bits per heavy atom. The summed E-state index contributed by atoms with van der Waals surface area (Å²) in [6.07, 6.45) is 7.70. The summed E-state index contributed by atoms with van der Waals surface area (Å²) in [5, 5.41) is 8.14. The molecule has 2 atom stereocenters. The molecule has 0 aromatic carbocycles. The van der Waals surface area contributed by atoms with Crippen LogP contribution in [-0.2, 0) is 9.59 Å². The van der Waals surface area contributed by atoms with Crippen LogP contribution in [0, 0.1) is 0 Å². The normalized spacial score (nSPS) is 13.2. The summed E-state index contributed by atoms with van der Waals surface area (Å²) in [6, 6.07) is -0.306. The average molecular weight is 393 g/mol. The van der Waals surface area contributed by atoms with Gasteiger partial charge in [-0.15, -0.1) is 0 Å². The van der Waals surface area contributed by atoms with E-state index in [-0.39, 0.29) is 23.9 Å². The highest BCUT2D eigenvalue weighted by molar-refractivity contribution is 5.80. The SMILES string of the molecule is [NH3+]CCCC[C@H]([NH3+])C(=O)NCCC[NH2+]CCCNC(=O)[C@@H]([NH3+])CCCC[NH3+]. The minimum Gasteiger partial charge on any atom is -0.358 e. The largest absolute Gasteiger partial charge is 0.358 e. The van der Waals surface area contributed by atoms with Crippen LogP contribution >= 0.6 is 0 Å². The summed E-state index contributed by atoms with van der Waals surface area (Å²) in [7, 11) is 0. The van der Waals surface area contributed by atoms with Gasteiger partial charge in [0.2, 0.25) is 0 Å². The van der Waals surface area contributed by atoms with Gasteiger partial charge in [-0.1, -0.05) is 0 Å². The zero-order valence-electron chi connectivity index (χ0n) is 17.3. The molecule has 0 aliphatic carbocycles. The minimum atomic E-state index is -0.153. The second kappa shape index (κ2) is 18.1. The predicted octanol–water partition coefficient (Wildman–Crippen LogP) is -5.39. The highest BCUT2D eigenvalue weighted by Gasteiger charge is 2.16. The molecule has 2 amide bonds. The van der Waals surface area contributed by atoms with Crippen molar-refractivity contribution in [3.05, 3.63) is 0 Å². The number of carbonyl (C=O) groups is 2. The van der Waals surface area contributed by atoms with Crippen molar-refractivity contribution >= 4 is 11.8 Å². The molecule has 9 nitrogen and oxygen atoms in total. The van der Waals surface area contributed by atoms with Crippen LogP contribution in [-0.4, -0.2) is 63.2 Å². The van der Waals surface area contributed by atoms with E-state index < -0.39 is 0 Å². The fraction of sp³-hybridized carbons (Fsp3) is 0.889. The van der Waals surface area contributed by atoms with Gasteiger partial charge in [0.1, 0.15) is 0 Å². The number of quaternary nitrogens is 5. The fourth-order valence-electron chi connectivity index (χ4n) is 2.75. The first-order valence-electron chi connectivity index (χ1n) is 10.6. The molecule has 0 radical (unpaired) electrons. The Hall–Kier alpha value is -1.26. The molecule has 16 N–H and O–H groups in total. The highest BCUT2D eigenvalue weighted by Crippen LogP contribution is 1.96. The maximum atomic E-state index is 11.9. The van der Waals surface area contributed by atoms with E-state index in [4.69, 9.17) is 0 Å². The number of amides is 2. The smallest absolute Gasteiger partial charge is 0.278 e. The Balaban J connectivity index is 3.46. The first-order valence-corrected chi connectivity index (χ1v) is 10.6. The number of unbranched alkanes of at least 4 members (excludes halogenated alkanes) is 2. The molecule has 0 saturated heterocycles. The van der Waals surface area contributed by atoms with Crippen LogP contribution in [0.1, 0.15) is 51.4 Å². The number of nitrogens with two attached hydrogens (primary N) is 1. The molecule has 0 aliphatic rings. The zero-order valence-corrected chi connectivity index (χ0v) is 17.3. The Morgan fingerprint density at radius 3 is 1.48 bits per heavy atom. The van der Waals surface area contributed by atoms with Gasteiger partial charge >= 0.3 is 0 Å². The van der Waals surface area contributed by atoms with Gasteiger partial charge in [-0.05, 0) is 25.7 Å². The van der Waals surface area contributed by atoms with Crippen molar-refractivity contribution in [2.45, 2.75) is 63.5 Å². The van der Waals surface area contributed by atoms with Crippen LogP contribution in [0.5, 0.6) is 0 Å². The van der Waals surface area contributed by atoms with Crippen molar-refractivity contribution in [2.75, 3.05) is 39.3 Å². The van der Waals surface area contributed by atoms with Crippen molar-refractivity contribution in [1.29, 1.82) is 0 Å². The summed E-state index contributed by atoms with van der Waals surface area (Å²) in [5.74, 6) is 0.111. The predicted molar refractivity (Wildman–Crippen MR) is 103 cm³/mol. The third-order valence-corrected chi connectivity index (χ3v) is 4.62. The Bertz CT molecular complexity index is 349. The molecule has 0 aliphatic heterocycles. The number of carbonyl (C=O) groups excluding carboxylic acids is 2. The van der Waals surface area contributed by atoms with E-state index in [9.17, 15) is 9.59 Å². The molecule has 0 aromatic heterocycles. The van der Waals surface area contributed by atoms with Crippen molar-refractivity contribution < 1.29 is 37.8 Å². The van der Waals surface area contributed by atoms with Crippen LogP contribution in [0.4, 0.5) is 0 Å². The monoisotopic (exact) mass is 392 g/mol. The van der Waals surface area contributed by atoms with Gasteiger partial charge in [-0.2, -0.15) is 0 Å². The van der Waals surface area contributed by atoms with E-state index in [2.05, 4.69) is 38.9 Å². The summed E-state index contributed by atoms with van der Waals surface area (Å²) in [5.41, 5.74) is 15.5. The van der Waals surface area contributed by atoms with E-state index in [0.29, 0.717) is 13.1 Å². The van der Waals surface area contributed by atoms with Gasteiger partial charge in [0.15, 0.2) is 12.1 Å². The Labute approximate surface area is 163 Å². The molecule has 0 unspecified atom stereocenters. The number of rotatable bonds is 18. The second-order valence-electron chi connectivity index (χ2n) is 7.25. The molecule has 0 aromatic rings. The lowest BCUT2D eigenvalue weighted by molar-refractivity contribution is -0.654. The van der Waals surface area contributed by atoms with E-state index in [0.717, 1.165) is 77.5 Å². The lowest BCUT2D eigenvalue weighted by Gasteiger charge is -2.10. The maximum absolute atomic E-state index is 11.9. The average Bonchev–Trinajstić information content (AvgIpc) is 2.66. The van der Waals surface area contributed by atoms with Gasteiger partial charge in [0.25, 0.3) is 11.8 Å². The first kappa shape index (κ1) is 25.7. The van der Waals surface area contributed by atoms with Gasteiger partial charge < -0.3 is 38.9 Å². The Kier molecular flexibility index (Phi) is 17.3. The zero-order chi connectivity index (χ0) is 20.3. The molecule has 0 rings (SSSR count). The third-order valence-electron chi connectivity index (χ3n) is 4.62. The molecule has 0 fully saturated rings. The van der Waals surface area contributed by atoms with Crippen LogP contribution in [0.25, 0.3) is 0 Å². The van der Waals surface area contributed by atoms with E-state index in [1.807, 2.05) is 0 Å². The topological polar surface area (TPSA) is 185 Å². The van der Waals surface area contributed by atoms with Crippen LogP contribution < -0.4 is 38.9 Å². The van der Waals surface area contributed by atoms with Crippen LogP contribution in [0.3, 0.4) is 0 Å². The molecule has 0 heterocycles. The van der Waals surface area contributed by atoms with Crippen LogP contribution in [0.15, 0.2) is 0 Å². The van der Waals surface area contributed by atoms with Crippen molar-refractivity contribution in [3.8, 4) is 0 Å². The molecular weight excluding hydrogens is 346 g/mol. The second-order valence-corrected chi connectivity index (χ2v) is 7.25. The maximum Gasteiger partial charge on any atom is 0.278 e. The highest BCUT2D eigenvalue weighted by atomic mass is 16.2. The molecule has 0 bridgehead atoms. The van der Waals surface area contributed by atoms with E-state index >= 15 is 0 Å². The van der Waals surface area contributed by atoms with Gasteiger partial charge in [-0.3, -0.25) is 9.59 Å². The van der Waals surface area contributed by atoms with E-state index in [1.54, 1.807) is 0 Å². The molecule has 9 heteroatoms. The number of nitrogens with one attached hydrogen (secondary N) is 2. The minimum absolute atomic E-state index is 0.0553. The van der Waals surface area contributed by atoms with Gasteiger partial charge in [0, 0.05) is 38.8 Å². The van der Waals surface area contributed by atoms with Crippen molar-refractivity contribution in [3.63, 3.8) is 0 Å². The lowest BCUT2D eigenvalue weighted by Crippen LogP contribution is -2.84. The molecule has 27 heavy (non-hydrogen) atoms. The summed E-state index contributed by atoms with van der Waals surface area (Å²) in [6.45, 7) is 5.18. The molecule has 160 valence electrons. The summed E-state index contributed by atoms with van der Waals surface area (Å²) in [4.78, 5) is 23.7. The fourth-order valence-corrected chi connectivity index (χ4v) is 2.75. The van der Waals surface area contributed by atoms with Gasteiger partial charge in [0.05, 0.1) is 26.2 Å². The molecular formula is C18H46N7O2+5. The molecule has 0 spiro atoms. The molecule has 0 saturated carbocycles. The quantitative estimate of drug-likeness (QED) is 0.115. The summed E-state index contributed by atoms with van der Waals surface area (Å²) >= 11 is 0. The first-order chi connectivity index (χ1) is 13.0. The number of hydrogen-bond acceptors (Lipinski definition) is 2. The number of hydrogen-bond donors (Lipinski definition) is 7. The standard InChI is InChI=1S/C18H41N7O2/c19-9-3-1-7-15(21)17(26)24-13-5-11-23-12-6-14-25-18(27)16(22)8-2-4-10-20/h15-16,23H,1-14,19-22H2,(H,24,26)(H,25,27)/p+5/t15-,16-/m0/s1. The Morgan fingerprint density at radius 2 is 1.11 bits per heavy atom. The van der Waals surface area contributed by atoms with Crippen LogP contribution in [0.2, 0.25) is 0 Å². The van der Waals surface area contributed by atoms with Gasteiger partial charge in [-0.25, -0.2) is 0 Å². The third kappa shape index (κ3) is 15.5.